The second kappa shape index (κ2) is 6.35. The largest absolute Gasteiger partial charge is 0.361 e. The van der Waals surface area contributed by atoms with E-state index >= 15 is 0 Å². The van der Waals surface area contributed by atoms with Crippen molar-refractivity contribution >= 4 is 15.9 Å². The summed E-state index contributed by atoms with van der Waals surface area (Å²) in [5.41, 5.74) is 5.51. The first-order valence-corrected chi connectivity index (χ1v) is 10.2. The van der Waals surface area contributed by atoms with Gasteiger partial charge in [-0.2, -0.15) is 0 Å². The number of rotatable bonds is 4. The van der Waals surface area contributed by atoms with Crippen LogP contribution < -0.4 is 0 Å². The highest BCUT2D eigenvalue weighted by Crippen LogP contribution is 2.61. The second-order valence-corrected chi connectivity index (χ2v) is 9.61. The van der Waals surface area contributed by atoms with Crippen LogP contribution in [0.4, 0.5) is 0 Å². The average Bonchev–Trinajstić information content (AvgIpc) is 2.95. The van der Waals surface area contributed by atoms with E-state index in [1.807, 2.05) is 6.92 Å². The maximum absolute atomic E-state index is 5.33. The number of halogens is 1. The second-order valence-electron chi connectivity index (χ2n) is 8.76. The molecule has 2 aromatic rings. The molecule has 3 nitrogen and oxygen atoms in total. The quantitative estimate of drug-likeness (QED) is 0.561. The van der Waals surface area contributed by atoms with Gasteiger partial charge in [-0.1, -0.05) is 52.6 Å². The summed E-state index contributed by atoms with van der Waals surface area (Å²) in [5.74, 6) is 1.35. The van der Waals surface area contributed by atoms with Gasteiger partial charge in [0.05, 0.1) is 5.69 Å². The molecule has 0 radical (unpaired) electrons. The fourth-order valence-corrected chi connectivity index (χ4v) is 5.86. The van der Waals surface area contributed by atoms with Gasteiger partial charge in [0.25, 0.3) is 0 Å². The van der Waals surface area contributed by atoms with E-state index in [9.17, 15) is 0 Å². The third kappa shape index (κ3) is 2.87. The Balaban J connectivity index is 1.82. The van der Waals surface area contributed by atoms with Gasteiger partial charge in [0.2, 0.25) is 0 Å². The Morgan fingerprint density at radius 2 is 2.19 bits per heavy atom. The molecular weight excluding hydrogens is 388 g/mol. The molecule has 5 rings (SSSR count). The van der Waals surface area contributed by atoms with E-state index in [4.69, 9.17) is 4.52 Å². The minimum absolute atomic E-state index is 0.262. The highest BCUT2D eigenvalue weighted by Gasteiger charge is 2.54. The molecule has 2 aliphatic heterocycles. The van der Waals surface area contributed by atoms with Gasteiger partial charge in [0.1, 0.15) is 5.76 Å². The zero-order valence-corrected chi connectivity index (χ0v) is 17.6. The standard InChI is InChI=1S/C22H27BrN2O/c1-13(2)9-18-21-20-16(7-6-8-17(20)23)19(11-22(21,4)5)25(18)12-15-10-14(3)26-24-15/h6-8,10,18-19,21H,1,9,11-12H2,2-5H3. The number of hydrogen-bond acceptors (Lipinski definition) is 3. The Bertz CT molecular complexity index is 854. The molecule has 0 N–H and O–H groups in total. The predicted octanol–water partition coefficient (Wildman–Crippen LogP) is 6.15. The van der Waals surface area contributed by atoms with Crippen molar-refractivity contribution in [2.45, 2.75) is 65.1 Å². The molecule has 1 aliphatic carbocycles. The van der Waals surface area contributed by atoms with E-state index in [2.05, 4.69) is 77.6 Å². The lowest BCUT2D eigenvalue weighted by Gasteiger charge is -2.59. The summed E-state index contributed by atoms with van der Waals surface area (Å²) in [6, 6.07) is 9.58. The lowest BCUT2D eigenvalue weighted by Crippen LogP contribution is -2.56. The topological polar surface area (TPSA) is 29.3 Å². The smallest absolute Gasteiger partial charge is 0.133 e. The Hall–Kier alpha value is -1.39. The van der Waals surface area contributed by atoms with E-state index in [1.165, 1.54) is 27.6 Å². The third-order valence-electron chi connectivity index (χ3n) is 6.11. The molecule has 3 unspecified atom stereocenters. The van der Waals surface area contributed by atoms with Crippen LogP contribution in [0.2, 0.25) is 0 Å². The molecule has 0 spiro atoms. The summed E-state index contributed by atoms with van der Waals surface area (Å²) in [6.45, 7) is 14.0. The average molecular weight is 415 g/mol. The van der Waals surface area contributed by atoms with Crippen molar-refractivity contribution in [3.63, 3.8) is 0 Å². The Labute approximate surface area is 164 Å². The molecule has 26 heavy (non-hydrogen) atoms. The zero-order chi connectivity index (χ0) is 18.6. The molecular formula is C22H27BrN2O. The minimum Gasteiger partial charge on any atom is -0.361 e. The van der Waals surface area contributed by atoms with Crippen LogP contribution in [0, 0.1) is 12.3 Å². The molecule has 138 valence electrons. The monoisotopic (exact) mass is 414 g/mol. The number of piperidine rings is 1. The van der Waals surface area contributed by atoms with E-state index in [-0.39, 0.29) is 5.41 Å². The first-order valence-electron chi connectivity index (χ1n) is 9.38. The Morgan fingerprint density at radius 3 is 2.85 bits per heavy atom. The van der Waals surface area contributed by atoms with Crippen LogP contribution in [0.3, 0.4) is 0 Å². The molecule has 3 atom stereocenters. The summed E-state index contributed by atoms with van der Waals surface area (Å²) < 4.78 is 6.58. The van der Waals surface area contributed by atoms with Crippen LogP contribution in [-0.2, 0) is 6.54 Å². The maximum Gasteiger partial charge on any atom is 0.133 e. The molecule has 1 fully saturated rings. The SMILES string of the molecule is C=C(C)CC1C2c3c(Br)cccc3C(CC2(C)C)N1Cc1cc(C)on1. The van der Waals surface area contributed by atoms with Crippen molar-refractivity contribution in [3.05, 3.63) is 63.5 Å². The third-order valence-corrected chi connectivity index (χ3v) is 6.80. The predicted molar refractivity (Wildman–Crippen MR) is 108 cm³/mol. The lowest BCUT2D eigenvalue weighted by molar-refractivity contribution is -0.0327. The van der Waals surface area contributed by atoms with Crippen molar-refractivity contribution in [1.29, 1.82) is 0 Å². The van der Waals surface area contributed by atoms with Crippen LogP contribution >= 0.6 is 15.9 Å². The maximum atomic E-state index is 5.33. The molecule has 1 aromatic carbocycles. The first kappa shape index (κ1) is 18.0. The fraction of sp³-hybridized carbons (Fsp3) is 0.500. The number of aryl methyl sites for hydroxylation is 1. The molecule has 2 bridgehead atoms. The van der Waals surface area contributed by atoms with Crippen LogP contribution in [-0.4, -0.2) is 16.1 Å². The molecule has 3 heterocycles. The molecule has 3 aliphatic rings. The van der Waals surface area contributed by atoms with Gasteiger partial charge in [-0.05, 0) is 49.3 Å². The molecule has 1 aromatic heterocycles. The van der Waals surface area contributed by atoms with Crippen molar-refractivity contribution in [2.24, 2.45) is 5.41 Å². The van der Waals surface area contributed by atoms with E-state index in [0.29, 0.717) is 18.0 Å². The number of nitrogens with zero attached hydrogens (tertiary/aromatic N) is 2. The van der Waals surface area contributed by atoms with E-state index in [0.717, 1.165) is 24.4 Å². The van der Waals surface area contributed by atoms with Gasteiger partial charge in [0, 0.05) is 35.1 Å². The highest BCUT2D eigenvalue weighted by atomic mass is 79.9. The molecule has 0 saturated carbocycles. The van der Waals surface area contributed by atoms with Gasteiger partial charge in [-0.15, -0.1) is 6.58 Å². The Kier molecular flexibility index (Phi) is 4.39. The summed E-state index contributed by atoms with van der Waals surface area (Å²) in [6.07, 6.45) is 2.19. The number of fused-ring (bicyclic) bond motifs is 2. The zero-order valence-electron chi connectivity index (χ0n) is 16.1. The van der Waals surface area contributed by atoms with Crippen molar-refractivity contribution < 1.29 is 4.52 Å². The van der Waals surface area contributed by atoms with Crippen LogP contribution in [0.25, 0.3) is 0 Å². The van der Waals surface area contributed by atoms with Gasteiger partial charge in [0.15, 0.2) is 0 Å². The van der Waals surface area contributed by atoms with Crippen LogP contribution in [0.5, 0.6) is 0 Å². The Morgan fingerprint density at radius 1 is 1.42 bits per heavy atom. The van der Waals surface area contributed by atoms with Crippen molar-refractivity contribution in [3.8, 4) is 0 Å². The number of hydrogen-bond donors (Lipinski definition) is 0. The molecule has 4 heteroatoms. The summed E-state index contributed by atoms with van der Waals surface area (Å²) in [4.78, 5) is 2.65. The first-order chi connectivity index (χ1) is 12.3. The van der Waals surface area contributed by atoms with Gasteiger partial charge in [-0.3, -0.25) is 4.90 Å². The van der Waals surface area contributed by atoms with E-state index < -0.39 is 0 Å². The number of aromatic nitrogens is 1. The number of benzene rings is 1. The van der Waals surface area contributed by atoms with Crippen LogP contribution in [0.15, 0.2) is 45.4 Å². The van der Waals surface area contributed by atoms with Crippen LogP contribution in [0.1, 0.15) is 68.2 Å². The normalized spacial score (nSPS) is 26.7. The van der Waals surface area contributed by atoms with Crippen molar-refractivity contribution in [2.75, 3.05) is 0 Å². The van der Waals surface area contributed by atoms with E-state index in [1.54, 1.807) is 0 Å². The highest BCUT2D eigenvalue weighted by molar-refractivity contribution is 9.10. The lowest BCUT2D eigenvalue weighted by atomic mass is 9.57. The van der Waals surface area contributed by atoms with Crippen molar-refractivity contribution in [1.82, 2.24) is 10.1 Å². The van der Waals surface area contributed by atoms with Gasteiger partial charge >= 0.3 is 0 Å². The van der Waals surface area contributed by atoms with Gasteiger partial charge in [-0.25, -0.2) is 0 Å². The minimum atomic E-state index is 0.262. The molecule has 0 amide bonds. The molecule has 1 saturated heterocycles. The summed E-state index contributed by atoms with van der Waals surface area (Å²) in [5, 5.41) is 4.27. The van der Waals surface area contributed by atoms with Gasteiger partial charge < -0.3 is 4.52 Å². The fourth-order valence-electron chi connectivity index (χ4n) is 5.23. The summed E-state index contributed by atoms with van der Waals surface area (Å²) >= 11 is 3.85. The summed E-state index contributed by atoms with van der Waals surface area (Å²) in [7, 11) is 0.